The number of sulfonamides is 1. The molecular formula is C23H29N3O6S. The molecule has 1 aliphatic rings. The number of nitrogens with one attached hydrogen (secondary N) is 1. The summed E-state index contributed by atoms with van der Waals surface area (Å²) in [6.07, 6.45) is -0.818. The number of nitrogens with zero attached hydrogens (tertiary/aromatic N) is 2. The number of amides is 2. The van der Waals surface area contributed by atoms with Crippen LogP contribution in [0.1, 0.15) is 27.7 Å². The first-order chi connectivity index (χ1) is 15.5. The molecule has 2 amide bonds. The topological polar surface area (TPSA) is 116 Å². The number of fused-ring (bicyclic) bond motifs is 1. The summed E-state index contributed by atoms with van der Waals surface area (Å²) in [6, 6.07) is 11.4. The Labute approximate surface area is 194 Å². The Hall–Kier alpha value is -2.95. The summed E-state index contributed by atoms with van der Waals surface area (Å²) in [5, 5.41) is 8.93. The van der Waals surface area contributed by atoms with E-state index in [1.165, 1.54) is 24.0 Å². The van der Waals surface area contributed by atoms with Crippen LogP contribution in [0.2, 0.25) is 0 Å². The number of aliphatic hydroxyl groups excluding tert-OH is 1. The predicted molar refractivity (Wildman–Crippen MR) is 126 cm³/mol. The van der Waals surface area contributed by atoms with Crippen LogP contribution < -0.4 is 14.5 Å². The minimum absolute atomic E-state index is 0.0567. The van der Waals surface area contributed by atoms with Gasteiger partial charge in [-0.05, 0) is 56.2 Å². The number of ether oxygens (including phenoxy) is 1. The standard InChI is InChI=1S/C23H29N3O6S/c1-15(2)32-23(29)25-14-16(3)26(17(4)28)21-9-8-19(13-22(21)25)18-6-5-7-20(12-18)33(30,31)24-10-11-27/h5-9,12-13,15-16,24,27H,10-11,14H2,1-4H3/t16-/m0/s1. The van der Waals surface area contributed by atoms with E-state index in [0.29, 0.717) is 22.5 Å². The fourth-order valence-electron chi connectivity index (χ4n) is 3.83. The second kappa shape index (κ2) is 9.90. The molecular weight excluding hydrogens is 446 g/mol. The van der Waals surface area contributed by atoms with Gasteiger partial charge >= 0.3 is 6.09 Å². The molecule has 2 N–H and O–H groups in total. The van der Waals surface area contributed by atoms with Crippen molar-refractivity contribution in [2.24, 2.45) is 0 Å². The molecule has 0 fully saturated rings. The van der Waals surface area contributed by atoms with Crippen LogP contribution in [0.4, 0.5) is 16.2 Å². The van der Waals surface area contributed by atoms with Crippen LogP contribution in [0.5, 0.6) is 0 Å². The van der Waals surface area contributed by atoms with E-state index in [1.54, 1.807) is 49.1 Å². The van der Waals surface area contributed by atoms with Gasteiger partial charge in [0.05, 0.1) is 35.0 Å². The monoisotopic (exact) mass is 475 g/mol. The molecule has 1 heterocycles. The molecule has 0 bridgehead atoms. The number of hydrogen-bond donors (Lipinski definition) is 2. The van der Waals surface area contributed by atoms with Crippen LogP contribution in [0.15, 0.2) is 47.4 Å². The van der Waals surface area contributed by atoms with Crippen molar-refractivity contribution in [3.05, 3.63) is 42.5 Å². The summed E-state index contributed by atoms with van der Waals surface area (Å²) in [5.74, 6) is -0.142. The Morgan fingerprint density at radius 1 is 1.15 bits per heavy atom. The summed E-state index contributed by atoms with van der Waals surface area (Å²) >= 11 is 0. The summed E-state index contributed by atoms with van der Waals surface area (Å²) in [4.78, 5) is 28.3. The maximum Gasteiger partial charge on any atom is 0.414 e. The van der Waals surface area contributed by atoms with Gasteiger partial charge in [-0.2, -0.15) is 0 Å². The number of carbonyl (C=O) groups excluding carboxylic acids is 2. The highest BCUT2D eigenvalue weighted by molar-refractivity contribution is 7.89. The van der Waals surface area contributed by atoms with E-state index in [4.69, 9.17) is 9.84 Å². The molecule has 0 aromatic heterocycles. The lowest BCUT2D eigenvalue weighted by molar-refractivity contribution is -0.117. The van der Waals surface area contributed by atoms with Crippen LogP contribution in [-0.2, 0) is 19.6 Å². The molecule has 0 radical (unpaired) electrons. The van der Waals surface area contributed by atoms with Crippen LogP contribution in [0.25, 0.3) is 11.1 Å². The van der Waals surface area contributed by atoms with Gasteiger partial charge in [-0.25, -0.2) is 17.9 Å². The molecule has 0 spiro atoms. The first-order valence-electron chi connectivity index (χ1n) is 10.7. The molecule has 178 valence electrons. The quantitative estimate of drug-likeness (QED) is 0.664. The predicted octanol–water partition coefficient (Wildman–Crippen LogP) is 2.73. The molecule has 3 rings (SSSR count). The molecule has 2 aromatic rings. The van der Waals surface area contributed by atoms with Crippen LogP contribution in [0, 0.1) is 0 Å². The first-order valence-corrected chi connectivity index (χ1v) is 12.2. The fourth-order valence-corrected chi connectivity index (χ4v) is 4.90. The van der Waals surface area contributed by atoms with Gasteiger partial charge < -0.3 is 14.7 Å². The van der Waals surface area contributed by atoms with Crippen molar-refractivity contribution >= 4 is 33.4 Å². The highest BCUT2D eigenvalue weighted by Crippen LogP contribution is 2.39. The van der Waals surface area contributed by atoms with E-state index in [-0.39, 0.29) is 42.6 Å². The van der Waals surface area contributed by atoms with Gasteiger partial charge in [0, 0.05) is 20.0 Å². The van der Waals surface area contributed by atoms with Crippen molar-refractivity contribution in [2.45, 2.75) is 44.7 Å². The largest absolute Gasteiger partial charge is 0.446 e. The highest BCUT2D eigenvalue weighted by Gasteiger charge is 2.34. The Morgan fingerprint density at radius 3 is 2.48 bits per heavy atom. The number of rotatable bonds is 6. The molecule has 0 saturated carbocycles. The Bertz CT molecular complexity index is 1150. The second-order valence-electron chi connectivity index (χ2n) is 8.13. The van der Waals surface area contributed by atoms with E-state index >= 15 is 0 Å². The van der Waals surface area contributed by atoms with Gasteiger partial charge in [0.15, 0.2) is 0 Å². The minimum atomic E-state index is -3.78. The second-order valence-corrected chi connectivity index (χ2v) is 9.90. The average Bonchev–Trinajstić information content (AvgIpc) is 2.76. The summed E-state index contributed by atoms with van der Waals surface area (Å²) in [7, 11) is -3.78. The minimum Gasteiger partial charge on any atom is -0.446 e. The fraction of sp³-hybridized carbons (Fsp3) is 0.391. The van der Waals surface area contributed by atoms with E-state index < -0.39 is 16.1 Å². The van der Waals surface area contributed by atoms with Crippen molar-refractivity contribution in [1.82, 2.24) is 4.72 Å². The Kier molecular flexibility index (Phi) is 7.41. The molecule has 1 atom stereocenters. The highest BCUT2D eigenvalue weighted by atomic mass is 32.2. The molecule has 2 aromatic carbocycles. The maximum absolute atomic E-state index is 12.8. The molecule has 33 heavy (non-hydrogen) atoms. The Morgan fingerprint density at radius 2 is 1.85 bits per heavy atom. The van der Waals surface area contributed by atoms with Crippen molar-refractivity contribution in [1.29, 1.82) is 0 Å². The Balaban J connectivity index is 2.08. The average molecular weight is 476 g/mol. The van der Waals surface area contributed by atoms with E-state index in [0.717, 1.165) is 0 Å². The van der Waals surface area contributed by atoms with Gasteiger partial charge in [0.1, 0.15) is 0 Å². The molecule has 0 saturated heterocycles. The lowest BCUT2D eigenvalue weighted by atomic mass is 10.0. The molecule has 0 unspecified atom stereocenters. The van der Waals surface area contributed by atoms with Gasteiger partial charge in [0.2, 0.25) is 15.9 Å². The summed E-state index contributed by atoms with van der Waals surface area (Å²) < 4.78 is 32.7. The molecule has 0 aliphatic carbocycles. The van der Waals surface area contributed by atoms with Gasteiger partial charge in [-0.1, -0.05) is 18.2 Å². The molecule has 9 nitrogen and oxygen atoms in total. The number of carbonyl (C=O) groups is 2. The van der Waals surface area contributed by atoms with E-state index in [2.05, 4.69) is 4.72 Å². The van der Waals surface area contributed by atoms with Crippen molar-refractivity contribution < 1.29 is 27.9 Å². The maximum atomic E-state index is 12.8. The zero-order valence-electron chi connectivity index (χ0n) is 19.1. The number of hydrogen-bond acceptors (Lipinski definition) is 6. The third kappa shape index (κ3) is 5.35. The number of anilines is 2. The lowest BCUT2D eigenvalue weighted by Gasteiger charge is -2.40. The van der Waals surface area contributed by atoms with Crippen LogP contribution in [-0.4, -0.2) is 57.4 Å². The lowest BCUT2D eigenvalue weighted by Crippen LogP contribution is -2.51. The summed E-state index contributed by atoms with van der Waals surface area (Å²) in [5.41, 5.74) is 2.39. The van der Waals surface area contributed by atoms with Gasteiger partial charge in [-0.3, -0.25) is 9.69 Å². The van der Waals surface area contributed by atoms with Gasteiger partial charge in [-0.15, -0.1) is 0 Å². The van der Waals surface area contributed by atoms with E-state index in [1.807, 2.05) is 6.92 Å². The van der Waals surface area contributed by atoms with Crippen molar-refractivity contribution in [2.75, 3.05) is 29.5 Å². The third-order valence-corrected chi connectivity index (χ3v) is 6.65. The number of benzene rings is 2. The van der Waals surface area contributed by atoms with Gasteiger partial charge in [0.25, 0.3) is 0 Å². The normalized spacial score (nSPS) is 16.0. The van der Waals surface area contributed by atoms with E-state index in [9.17, 15) is 18.0 Å². The number of aliphatic hydroxyl groups is 1. The molecule has 1 aliphatic heterocycles. The smallest absolute Gasteiger partial charge is 0.414 e. The zero-order chi connectivity index (χ0) is 24.3. The van der Waals surface area contributed by atoms with Crippen molar-refractivity contribution in [3.63, 3.8) is 0 Å². The zero-order valence-corrected chi connectivity index (χ0v) is 19.9. The SMILES string of the molecule is CC(=O)N1c2ccc(-c3cccc(S(=O)(=O)NCCO)c3)cc2N(C(=O)OC(C)C)C[C@@H]1C. The van der Waals surface area contributed by atoms with Crippen LogP contribution >= 0.6 is 0 Å². The van der Waals surface area contributed by atoms with Crippen LogP contribution in [0.3, 0.4) is 0 Å². The third-order valence-electron chi connectivity index (χ3n) is 5.19. The first kappa shape index (κ1) is 24.7. The van der Waals surface area contributed by atoms with Crippen molar-refractivity contribution in [3.8, 4) is 11.1 Å². The summed E-state index contributed by atoms with van der Waals surface area (Å²) in [6.45, 7) is 6.74. The molecule has 10 heteroatoms.